The van der Waals surface area contributed by atoms with Crippen molar-refractivity contribution in [2.75, 3.05) is 13.2 Å². The van der Waals surface area contributed by atoms with E-state index in [1.54, 1.807) is 19.1 Å². The highest BCUT2D eigenvalue weighted by atomic mass is 19.2. The third kappa shape index (κ3) is 6.48. The van der Waals surface area contributed by atoms with E-state index >= 15 is 0 Å². The van der Waals surface area contributed by atoms with E-state index < -0.39 is 11.6 Å². The van der Waals surface area contributed by atoms with Crippen molar-refractivity contribution >= 4 is 0 Å². The van der Waals surface area contributed by atoms with Crippen LogP contribution in [0.3, 0.4) is 0 Å². The molecule has 5 rings (SSSR count). The maximum Gasteiger partial charge on any atom is 0.200 e. The molecule has 212 valence electrons. The fourth-order valence-corrected chi connectivity index (χ4v) is 8.69. The van der Waals surface area contributed by atoms with Crippen LogP contribution in [-0.4, -0.2) is 19.3 Å². The molecule has 3 saturated carbocycles. The van der Waals surface area contributed by atoms with Crippen LogP contribution in [0.2, 0.25) is 0 Å². The molecule has 0 bridgehead atoms. The van der Waals surface area contributed by atoms with Gasteiger partial charge in [-0.1, -0.05) is 18.2 Å². The minimum Gasteiger partial charge on any atom is -0.491 e. The van der Waals surface area contributed by atoms with Crippen molar-refractivity contribution in [2.45, 2.75) is 116 Å². The Morgan fingerprint density at radius 3 is 1.79 bits per heavy atom. The van der Waals surface area contributed by atoms with Crippen molar-refractivity contribution in [1.82, 2.24) is 0 Å². The second kappa shape index (κ2) is 13.3. The Balaban J connectivity index is 1.03. The third-order valence-electron chi connectivity index (χ3n) is 10.9. The first kappa shape index (κ1) is 28.1. The van der Waals surface area contributed by atoms with Crippen molar-refractivity contribution < 1.29 is 18.3 Å². The lowest BCUT2D eigenvalue weighted by Gasteiger charge is -2.43. The van der Waals surface area contributed by atoms with Crippen molar-refractivity contribution in [3.8, 4) is 5.75 Å². The molecule has 4 fully saturated rings. The molecular weight excluding hydrogens is 478 g/mol. The zero-order valence-corrected chi connectivity index (χ0v) is 23.8. The predicted molar refractivity (Wildman–Crippen MR) is 150 cm³/mol. The zero-order chi connectivity index (χ0) is 26.5. The summed E-state index contributed by atoms with van der Waals surface area (Å²) in [6, 6.07) is 3.37. The van der Waals surface area contributed by atoms with Crippen LogP contribution in [0.5, 0.6) is 5.75 Å². The second-order valence-corrected chi connectivity index (χ2v) is 12.9. The lowest BCUT2D eigenvalue weighted by atomic mass is 9.64. The van der Waals surface area contributed by atoms with Gasteiger partial charge in [0.25, 0.3) is 0 Å². The van der Waals surface area contributed by atoms with Crippen molar-refractivity contribution in [3.05, 3.63) is 41.5 Å². The summed E-state index contributed by atoms with van der Waals surface area (Å²) in [4.78, 5) is 0. The molecule has 0 N–H and O–H groups in total. The Morgan fingerprint density at radius 2 is 1.29 bits per heavy atom. The van der Waals surface area contributed by atoms with Gasteiger partial charge in [0.05, 0.1) is 19.3 Å². The summed E-state index contributed by atoms with van der Waals surface area (Å²) in [6.45, 7) is 5.17. The number of hydrogen-bond acceptors (Lipinski definition) is 2. The van der Waals surface area contributed by atoms with E-state index in [4.69, 9.17) is 9.47 Å². The van der Waals surface area contributed by atoms with Gasteiger partial charge in [-0.2, -0.15) is 4.39 Å². The average molecular weight is 529 g/mol. The molecule has 1 aromatic carbocycles. The lowest BCUT2D eigenvalue weighted by molar-refractivity contribution is -0.0521. The van der Waals surface area contributed by atoms with Crippen molar-refractivity contribution in [3.63, 3.8) is 0 Å². The minimum absolute atomic E-state index is 0.0354. The largest absolute Gasteiger partial charge is 0.491 e. The molecule has 1 aliphatic heterocycles. The molecule has 38 heavy (non-hydrogen) atoms. The van der Waals surface area contributed by atoms with Gasteiger partial charge in [0.1, 0.15) is 0 Å². The van der Waals surface area contributed by atoms with Crippen molar-refractivity contribution in [2.24, 2.45) is 35.5 Å². The van der Waals surface area contributed by atoms with E-state index in [2.05, 4.69) is 19.1 Å². The number of ether oxygens (including phenoxy) is 2. The van der Waals surface area contributed by atoms with E-state index in [-0.39, 0.29) is 11.7 Å². The van der Waals surface area contributed by atoms with E-state index in [1.165, 1.54) is 64.2 Å². The molecule has 2 unspecified atom stereocenters. The topological polar surface area (TPSA) is 18.5 Å². The molecule has 4 heteroatoms. The van der Waals surface area contributed by atoms with E-state index in [0.717, 1.165) is 61.9 Å². The Labute approximate surface area is 229 Å². The van der Waals surface area contributed by atoms with Gasteiger partial charge >= 0.3 is 0 Å². The Bertz CT molecular complexity index is 897. The molecule has 0 amide bonds. The highest BCUT2D eigenvalue weighted by Crippen LogP contribution is 2.48. The monoisotopic (exact) mass is 528 g/mol. The fraction of sp³-hybridized carbons (Fsp3) is 0.765. The van der Waals surface area contributed by atoms with E-state index in [0.29, 0.717) is 24.2 Å². The number of hydrogen-bond donors (Lipinski definition) is 0. The standard InChI is InChI=1S/C34H50F2O2/c1-3-5-23-6-20-31(38-22-23)29-17-13-27(14-18-29)25-9-7-24(8-10-25)26-11-15-28(16-12-26)30-19-21-32(37-4-2)34(36)33(30)35/h3,5,19,21,23-29,31H,4,6-18,20,22H2,1-2H3. The van der Waals surface area contributed by atoms with Crippen LogP contribution in [0.1, 0.15) is 115 Å². The molecule has 3 aliphatic carbocycles. The maximum atomic E-state index is 14.8. The van der Waals surface area contributed by atoms with Gasteiger partial charge in [0, 0.05) is 5.92 Å². The van der Waals surface area contributed by atoms with Gasteiger partial charge in [0.2, 0.25) is 5.82 Å². The molecule has 0 radical (unpaired) electrons. The fourth-order valence-electron chi connectivity index (χ4n) is 8.69. The molecule has 1 heterocycles. The van der Waals surface area contributed by atoms with Gasteiger partial charge in [-0.05, 0) is 151 Å². The Kier molecular flexibility index (Phi) is 9.84. The second-order valence-electron chi connectivity index (χ2n) is 12.9. The summed E-state index contributed by atoms with van der Waals surface area (Å²) >= 11 is 0. The number of benzene rings is 1. The number of rotatable bonds is 7. The zero-order valence-electron chi connectivity index (χ0n) is 23.8. The van der Waals surface area contributed by atoms with Crippen LogP contribution in [0.4, 0.5) is 8.78 Å². The summed E-state index contributed by atoms with van der Waals surface area (Å²) in [5, 5.41) is 0. The van der Waals surface area contributed by atoms with Crippen LogP contribution < -0.4 is 4.74 Å². The Morgan fingerprint density at radius 1 is 0.737 bits per heavy atom. The first-order valence-corrected chi connectivity index (χ1v) is 15.9. The molecule has 1 saturated heterocycles. The molecule has 2 atom stereocenters. The molecule has 0 aromatic heterocycles. The molecule has 2 nitrogen and oxygen atoms in total. The quantitative estimate of drug-likeness (QED) is 0.328. The van der Waals surface area contributed by atoms with Gasteiger partial charge in [-0.15, -0.1) is 0 Å². The first-order chi connectivity index (χ1) is 18.6. The smallest absolute Gasteiger partial charge is 0.200 e. The molecular formula is C34H50F2O2. The normalized spacial score (nSPS) is 36.8. The van der Waals surface area contributed by atoms with Gasteiger partial charge in [-0.25, -0.2) is 4.39 Å². The SMILES string of the molecule is CC=CC1CCC(C2CCC(C3CCC(C4CCC(c5ccc(OCC)c(F)c5F)CC4)CC3)CC2)OC1. The highest BCUT2D eigenvalue weighted by Gasteiger charge is 2.37. The maximum absolute atomic E-state index is 14.8. The van der Waals surface area contributed by atoms with Crippen LogP contribution in [0.25, 0.3) is 0 Å². The Hall–Kier alpha value is -1.42. The summed E-state index contributed by atoms with van der Waals surface area (Å²) in [7, 11) is 0. The highest BCUT2D eigenvalue weighted by molar-refractivity contribution is 5.33. The minimum atomic E-state index is -0.817. The molecule has 1 aromatic rings. The number of halogens is 2. The van der Waals surface area contributed by atoms with E-state index in [1.807, 2.05) is 0 Å². The summed E-state index contributed by atoms with van der Waals surface area (Å²) in [5.41, 5.74) is 0.556. The lowest BCUT2D eigenvalue weighted by Crippen LogP contribution is -2.35. The van der Waals surface area contributed by atoms with E-state index in [9.17, 15) is 8.78 Å². The summed E-state index contributed by atoms with van der Waals surface area (Å²) < 4.78 is 40.7. The van der Waals surface area contributed by atoms with Crippen LogP contribution in [0, 0.1) is 47.1 Å². The summed E-state index contributed by atoms with van der Waals surface area (Å²) in [6.07, 6.45) is 23.0. The van der Waals surface area contributed by atoms with Gasteiger partial charge < -0.3 is 9.47 Å². The van der Waals surface area contributed by atoms with Gasteiger partial charge in [-0.3, -0.25) is 0 Å². The third-order valence-corrected chi connectivity index (χ3v) is 10.9. The van der Waals surface area contributed by atoms with Crippen LogP contribution >= 0.6 is 0 Å². The molecule has 0 spiro atoms. The summed E-state index contributed by atoms with van der Waals surface area (Å²) in [5.74, 6) is 3.56. The first-order valence-electron chi connectivity index (χ1n) is 15.9. The van der Waals surface area contributed by atoms with Crippen LogP contribution in [-0.2, 0) is 4.74 Å². The number of allylic oxidation sites excluding steroid dienone is 1. The average Bonchev–Trinajstić information content (AvgIpc) is 2.97. The molecule has 4 aliphatic rings. The van der Waals surface area contributed by atoms with Crippen LogP contribution in [0.15, 0.2) is 24.3 Å². The van der Waals surface area contributed by atoms with Gasteiger partial charge in [0.15, 0.2) is 11.6 Å². The predicted octanol–water partition coefficient (Wildman–Crippen LogP) is 9.62. The van der Waals surface area contributed by atoms with Crippen molar-refractivity contribution in [1.29, 1.82) is 0 Å².